The lowest BCUT2D eigenvalue weighted by Gasteiger charge is -2.11. The third kappa shape index (κ3) is 4.59. The van der Waals surface area contributed by atoms with Gasteiger partial charge in [-0.25, -0.2) is 8.42 Å². The molecule has 0 aliphatic rings. The van der Waals surface area contributed by atoms with Crippen LogP contribution >= 0.6 is 0 Å². The summed E-state index contributed by atoms with van der Waals surface area (Å²) in [4.78, 5) is 0. The molecule has 6 heteroatoms. The molecule has 0 bridgehead atoms. The fourth-order valence-electron chi connectivity index (χ4n) is 2.39. The van der Waals surface area contributed by atoms with Gasteiger partial charge in [-0.2, -0.15) is 5.10 Å². The van der Waals surface area contributed by atoms with E-state index in [1.54, 1.807) is 6.92 Å². The van der Waals surface area contributed by atoms with Crippen LogP contribution in [0.4, 0.5) is 0 Å². The lowest BCUT2D eigenvalue weighted by atomic mass is 10.00. The molecular formula is C14H27N3O2S. The molecule has 1 aromatic heterocycles. The second kappa shape index (κ2) is 7.22. The molecule has 1 aromatic rings. The Hall–Kier alpha value is -0.880. The second-order valence-electron chi connectivity index (χ2n) is 5.48. The zero-order valence-corrected chi connectivity index (χ0v) is 14.0. The van der Waals surface area contributed by atoms with Crippen molar-refractivity contribution >= 4 is 9.84 Å². The first kappa shape index (κ1) is 17.2. The summed E-state index contributed by atoms with van der Waals surface area (Å²) in [6.45, 7) is 9.33. The maximum Gasteiger partial charge on any atom is 0.151 e. The molecule has 1 heterocycles. The minimum Gasteiger partial charge on any atom is -0.319 e. The Morgan fingerprint density at radius 3 is 2.55 bits per heavy atom. The van der Waals surface area contributed by atoms with Crippen molar-refractivity contribution in [2.24, 2.45) is 5.92 Å². The first-order chi connectivity index (χ1) is 9.30. The summed E-state index contributed by atoms with van der Waals surface area (Å²) in [5.41, 5.74) is 3.36. The van der Waals surface area contributed by atoms with Gasteiger partial charge in [-0.05, 0) is 45.3 Å². The van der Waals surface area contributed by atoms with Crippen molar-refractivity contribution in [2.75, 3.05) is 25.1 Å². The third-order valence-electron chi connectivity index (χ3n) is 3.69. The average Bonchev–Trinajstić information content (AvgIpc) is 2.64. The molecule has 1 N–H and O–H groups in total. The Morgan fingerprint density at radius 2 is 2.00 bits per heavy atom. The highest BCUT2D eigenvalue weighted by atomic mass is 32.2. The van der Waals surface area contributed by atoms with Gasteiger partial charge in [-0.3, -0.25) is 4.68 Å². The Kier molecular flexibility index (Phi) is 6.20. The van der Waals surface area contributed by atoms with Crippen LogP contribution < -0.4 is 5.32 Å². The fraction of sp³-hybridized carbons (Fsp3) is 0.786. The zero-order chi connectivity index (χ0) is 15.3. The monoisotopic (exact) mass is 301 g/mol. The summed E-state index contributed by atoms with van der Waals surface area (Å²) in [7, 11) is -0.987. The van der Waals surface area contributed by atoms with Gasteiger partial charge in [0.1, 0.15) is 0 Å². The van der Waals surface area contributed by atoms with Crippen molar-refractivity contribution in [1.29, 1.82) is 0 Å². The number of hydrogen-bond acceptors (Lipinski definition) is 4. The van der Waals surface area contributed by atoms with E-state index in [0.717, 1.165) is 24.4 Å². The van der Waals surface area contributed by atoms with Crippen LogP contribution in [-0.4, -0.2) is 43.3 Å². The molecule has 0 spiro atoms. The quantitative estimate of drug-likeness (QED) is 0.787. The van der Waals surface area contributed by atoms with Crippen LogP contribution in [-0.2, 0) is 22.8 Å². The number of aryl methyl sites for hydroxylation is 2. The van der Waals surface area contributed by atoms with Gasteiger partial charge in [-0.1, -0.05) is 13.8 Å². The zero-order valence-electron chi connectivity index (χ0n) is 13.2. The van der Waals surface area contributed by atoms with Gasteiger partial charge >= 0.3 is 0 Å². The van der Waals surface area contributed by atoms with Gasteiger partial charge in [0, 0.05) is 11.4 Å². The molecule has 0 radical (unpaired) electrons. The van der Waals surface area contributed by atoms with Crippen molar-refractivity contribution in [2.45, 2.75) is 40.7 Å². The topological polar surface area (TPSA) is 64.0 Å². The molecule has 0 saturated heterocycles. The van der Waals surface area contributed by atoms with Crippen LogP contribution in [0.25, 0.3) is 0 Å². The molecule has 1 atom stereocenters. The van der Waals surface area contributed by atoms with Crippen LogP contribution in [0.1, 0.15) is 30.8 Å². The SMILES string of the molecule is CCS(=O)(=O)CCn1nc(C)c(CC(C)CNC)c1C. The van der Waals surface area contributed by atoms with E-state index in [1.807, 2.05) is 25.6 Å². The molecule has 1 unspecified atom stereocenters. The van der Waals surface area contributed by atoms with E-state index < -0.39 is 9.84 Å². The first-order valence-electron chi connectivity index (χ1n) is 7.18. The van der Waals surface area contributed by atoms with Crippen LogP contribution in [0.2, 0.25) is 0 Å². The smallest absolute Gasteiger partial charge is 0.151 e. The van der Waals surface area contributed by atoms with E-state index in [1.165, 1.54) is 5.56 Å². The van der Waals surface area contributed by atoms with Crippen molar-refractivity contribution in [3.05, 3.63) is 17.0 Å². The summed E-state index contributed by atoms with van der Waals surface area (Å²) in [5, 5.41) is 7.67. The summed E-state index contributed by atoms with van der Waals surface area (Å²) < 4.78 is 25.0. The molecule has 0 fully saturated rings. The lowest BCUT2D eigenvalue weighted by molar-refractivity contribution is 0.538. The van der Waals surface area contributed by atoms with Gasteiger partial charge in [0.2, 0.25) is 0 Å². The molecule has 0 aliphatic carbocycles. The molecule has 116 valence electrons. The molecule has 0 aromatic carbocycles. The van der Waals surface area contributed by atoms with E-state index in [9.17, 15) is 8.42 Å². The normalized spacial score (nSPS) is 13.7. The van der Waals surface area contributed by atoms with Crippen molar-refractivity contribution in [3.8, 4) is 0 Å². The number of nitrogens with one attached hydrogen (secondary N) is 1. The maximum absolute atomic E-state index is 11.6. The van der Waals surface area contributed by atoms with Gasteiger partial charge < -0.3 is 5.32 Å². The molecule has 1 rings (SSSR count). The maximum atomic E-state index is 11.6. The predicted molar refractivity (Wildman–Crippen MR) is 82.8 cm³/mol. The Balaban J connectivity index is 2.81. The van der Waals surface area contributed by atoms with Gasteiger partial charge in [0.15, 0.2) is 9.84 Å². The molecular weight excluding hydrogens is 274 g/mol. The predicted octanol–water partition coefficient (Wildman–Crippen LogP) is 1.33. The van der Waals surface area contributed by atoms with Crippen LogP contribution in [0.5, 0.6) is 0 Å². The largest absolute Gasteiger partial charge is 0.319 e. The van der Waals surface area contributed by atoms with Crippen molar-refractivity contribution in [1.82, 2.24) is 15.1 Å². The van der Waals surface area contributed by atoms with E-state index in [-0.39, 0.29) is 11.5 Å². The number of nitrogens with zero attached hydrogens (tertiary/aromatic N) is 2. The van der Waals surface area contributed by atoms with Gasteiger partial charge in [0.05, 0.1) is 18.0 Å². The van der Waals surface area contributed by atoms with Gasteiger partial charge in [0.25, 0.3) is 0 Å². The van der Waals surface area contributed by atoms with E-state index in [4.69, 9.17) is 0 Å². The van der Waals surface area contributed by atoms with Crippen LogP contribution in [0.15, 0.2) is 0 Å². The molecule has 5 nitrogen and oxygen atoms in total. The highest BCUT2D eigenvalue weighted by molar-refractivity contribution is 7.91. The average molecular weight is 301 g/mol. The summed E-state index contributed by atoms with van der Waals surface area (Å²) in [6.07, 6.45) is 0.971. The Morgan fingerprint density at radius 1 is 1.35 bits per heavy atom. The minimum atomic E-state index is -2.94. The first-order valence-corrected chi connectivity index (χ1v) is 9.00. The number of aromatic nitrogens is 2. The van der Waals surface area contributed by atoms with Crippen LogP contribution in [0.3, 0.4) is 0 Å². The highest BCUT2D eigenvalue weighted by Crippen LogP contribution is 2.17. The number of sulfone groups is 1. The van der Waals surface area contributed by atoms with Crippen molar-refractivity contribution in [3.63, 3.8) is 0 Å². The van der Waals surface area contributed by atoms with E-state index in [2.05, 4.69) is 17.3 Å². The minimum absolute atomic E-state index is 0.164. The molecule has 0 saturated carbocycles. The molecule has 0 amide bonds. The van der Waals surface area contributed by atoms with Gasteiger partial charge in [-0.15, -0.1) is 0 Å². The van der Waals surface area contributed by atoms with E-state index >= 15 is 0 Å². The Labute approximate surface area is 122 Å². The number of hydrogen-bond donors (Lipinski definition) is 1. The summed E-state index contributed by atoms with van der Waals surface area (Å²) in [6, 6.07) is 0. The lowest BCUT2D eigenvalue weighted by Crippen LogP contribution is -2.19. The molecule has 0 aliphatic heterocycles. The summed E-state index contributed by atoms with van der Waals surface area (Å²) in [5.74, 6) is 0.893. The fourth-order valence-corrected chi connectivity index (χ4v) is 3.13. The Bertz CT molecular complexity index is 535. The standard InChI is InChI=1S/C14H27N3O2S/c1-6-20(18,19)8-7-17-13(4)14(12(3)16-17)9-11(2)10-15-5/h11,15H,6-10H2,1-5H3. The van der Waals surface area contributed by atoms with E-state index in [0.29, 0.717) is 12.5 Å². The van der Waals surface area contributed by atoms with Crippen molar-refractivity contribution < 1.29 is 8.42 Å². The second-order valence-corrected chi connectivity index (χ2v) is 7.95. The number of rotatable bonds is 8. The third-order valence-corrected chi connectivity index (χ3v) is 5.37. The molecule has 20 heavy (non-hydrogen) atoms. The highest BCUT2D eigenvalue weighted by Gasteiger charge is 2.16. The van der Waals surface area contributed by atoms with Crippen LogP contribution in [0, 0.1) is 19.8 Å². The summed E-state index contributed by atoms with van der Waals surface area (Å²) >= 11 is 0.